The number of rotatable bonds is 15. The monoisotopic (exact) mass is 350 g/mol. The minimum absolute atomic E-state index is 0.261. The first kappa shape index (κ1) is 22.8. The van der Waals surface area contributed by atoms with Crippen molar-refractivity contribution >= 4 is 10.1 Å². The molecule has 0 rings (SSSR count). The largest absolute Gasteiger partial charge is 0.748 e. The van der Waals surface area contributed by atoms with Gasteiger partial charge in [-0.3, -0.25) is 5.32 Å². The quantitative estimate of drug-likeness (QED) is 0.213. The molecule has 1 N–H and O–H groups in total. The molecule has 0 aliphatic rings. The van der Waals surface area contributed by atoms with Gasteiger partial charge in [-0.25, -0.2) is 8.42 Å². The molecule has 23 heavy (non-hydrogen) atoms. The molecule has 0 bridgehead atoms. The van der Waals surface area contributed by atoms with Crippen molar-refractivity contribution in [3.63, 3.8) is 0 Å². The van der Waals surface area contributed by atoms with E-state index in [1.807, 2.05) is 7.05 Å². The van der Waals surface area contributed by atoms with Crippen LogP contribution in [0.2, 0.25) is 0 Å². The zero-order valence-corrected chi connectivity index (χ0v) is 16.5. The molecular weight excluding hydrogens is 312 g/mol. The summed E-state index contributed by atoms with van der Waals surface area (Å²) < 4.78 is 32.9. The smallest absolute Gasteiger partial charge is 0.142 e. The van der Waals surface area contributed by atoms with E-state index in [2.05, 4.69) is 26.3 Å². The van der Waals surface area contributed by atoms with Gasteiger partial charge in [-0.1, -0.05) is 51.9 Å². The Bertz CT molecular complexity index is 383. The van der Waals surface area contributed by atoms with E-state index < -0.39 is 10.1 Å². The molecule has 0 radical (unpaired) electrons. The third kappa shape index (κ3) is 12.9. The molecule has 5 nitrogen and oxygen atoms in total. The number of unbranched alkanes of at least 4 members (excludes halogenated alkanes) is 7. The Morgan fingerprint density at radius 3 is 1.96 bits per heavy atom. The fourth-order valence-corrected chi connectivity index (χ4v) is 3.60. The van der Waals surface area contributed by atoms with Crippen LogP contribution < -0.4 is 5.32 Å². The lowest BCUT2D eigenvalue weighted by Gasteiger charge is -2.38. The molecule has 140 valence electrons. The van der Waals surface area contributed by atoms with Crippen molar-refractivity contribution in [2.75, 3.05) is 33.4 Å². The highest BCUT2D eigenvalue weighted by atomic mass is 32.2. The van der Waals surface area contributed by atoms with Crippen LogP contribution in [0, 0.1) is 0 Å². The molecule has 1 atom stereocenters. The number of nitrogens with one attached hydrogen (secondary N) is 1. The Balaban J connectivity index is 3.93. The molecule has 0 aliphatic heterocycles. The van der Waals surface area contributed by atoms with Gasteiger partial charge in [-0.05, 0) is 13.5 Å². The van der Waals surface area contributed by atoms with Gasteiger partial charge in [0.15, 0.2) is 0 Å². The molecule has 1 unspecified atom stereocenters. The van der Waals surface area contributed by atoms with Gasteiger partial charge in [-0.15, -0.1) is 0 Å². The maximum Gasteiger partial charge on any atom is 0.142 e. The Kier molecular flexibility index (Phi) is 12.1. The molecule has 0 aromatic rings. The molecule has 0 aromatic carbocycles. The van der Waals surface area contributed by atoms with E-state index in [0.717, 1.165) is 6.42 Å². The van der Waals surface area contributed by atoms with E-state index in [-0.39, 0.29) is 5.75 Å². The molecule has 0 heterocycles. The molecule has 0 saturated heterocycles. The third-order valence-electron chi connectivity index (χ3n) is 4.64. The lowest BCUT2D eigenvalue weighted by molar-refractivity contribution is -0.918. The average Bonchev–Trinajstić information content (AvgIpc) is 2.43. The Morgan fingerprint density at radius 1 is 0.957 bits per heavy atom. The van der Waals surface area contributed by atoms with E-state index >= 15 is 0 Å². The summed E-state index contributed by atoms with van der Waals surface area (Å²) in [6.45, 7) is 2.94. The van der Waals surface area contributed by atoms with E-state index in [9.17, 15) is 13.0 Å². The van der Waals surface area contributed by atoms with Gasteiger partial charge in [0, 0.05) is 18.6 Å². The highest BCUT2D eigenvalue weighted by molar-refractivity contribution is 7.85. The van der Waals surface area contributed by atoms with Gasteiger partial charge in [0.1, 0.15) is 6.17 Å². The Labute approximate surface area is 144 Å². The number of quaternary nitrogens is 1. The van der Waals surface area contributed by atoms with Crippen LogP contribution >= 0.6 is 0 Å². The predicted octanol–water partition coefficient (Wildman–Crippen LogP) is 3.07. The lowest BCUT2D eigenvalue weighted by atomic mass is 10.1. The fraction of sp³-hybridized carbons (Fsp3) is 1.00. The molecule has 0 aliphatic carbocycles. The van der Waals surface area contributed by atoms with Gasteiger partial charge in [0.05, 0.1) is 30.8 Å². The summed E-state index contributed by atoms with van der Waals surface area (Å²) in [4.78, 5) is 0. The minimum atomic E-state index is -4.09. The Morgan fingerprint density at radius 2 is 1.48 bits per heavy atom. The van der Waals surface area contributed by atoms with Crippen molar-refractivity contribution in [3.8, 4) is 0 Å². The zero-order chi connectivity index (χ0) is 17.8. The van der Waals surface area contributed by atoms with Crippen LogP contribution in [-0.2, 0) is 10.1 Å². The molecule has 6 heteroatoms. The fourth-order valence-electron chi connectivity index (χ4n) is 3.12. The lowest BCUT2D eigenvalue weighted by Crippen LogP contribution is -2.55. The molecule has 0 saturated carbocycles. The summed E-state index contributed by atoms with van der Waals surface area (Å²) in [5, 5.41) is 3.35. The number of hydrogen-bond donors (Lipinski definition) is 1. The predicted molar refractivity (Wildman–Crippen MR) is 96.2 cm³/mol. The molecular formula is C17H38N2O3S. The first-order valence-electron chi connectivity index (χ1n) is 9.16. The maximum atomic E-state index is 10.7. The Hall–Kier alpha value is -0.170. The minimum Gasteiger partial charge on any atom is -0.748 e. The van der Waals surface area contributed by atoms with Gasteiger partial charge < -0.3 is 9.04 Å². The number of hydrogen-bond acceptors (Lipinski definition) is 4. The topological polar surface area (TPSA) is 69.2 Å². The van der Waals surface area contributed by atoms with E-state index in [0.29, 0.717) is 23.6 Å². The van der Waals surface area contributed by atoms with Crippen molar-refractivity contribution in [2.45, 2.75) is 77.3 Å². The summed E-state index contributed by atoms with van der Waals surface area (Å²) in [6.07, 6.45) is 12.3. The van der Waals surface area contributed by atoms with Crippen molar-refractivity contribution < 1.29 is 17.5 Å². The standard InChI is InChI=1S/C17H38N2O3S/c1-5-6-7-8-9-10-11-12-14-17(18-2)19(3,4)15-13-16-23(20,21)22/h17-18H,5-16H2,1-4H3. The van der Waals surface area contributed by atoms with E-state index in [1.54, 1.807) is 0 Å². The molecule has 0 spiro atoms. The average molecular weight is 351 g/mol. The summed E-state index contributed by atoms with van der Waals surface area (Å²) in [6, 6.07) is 0. The third-order valence-corrected chi connectivity index (χ3v) is 5.43. The van der Waals surface area contributed by atoms with Crippen LogP contribution in [-0.4, -0.2) is 57.1 Å². The highest BCUT2D eigenvalue weighted by Gasteiger charge is 2.25. The molecule has 0 amide bonds. The summed E-state index contributed by atoms with van der Waals surface area (Å²) >= 11 is 0. The van der Waals surface area contributed by atoms with Gasteiger partial charge in [0.2, 0.25) is 0 Å². The summed E-state index contributed by atoms with van der Waals surface area (Å²) in [7, 11) is 2.07. The van der Waals surface area contributed by atoms with E-state index in [1.165, 1.54) is 51.4 Å². The van der Waals surface area contributed by atoms with Crippen LogP contribution in [0.25, 0.3) is 0 Å². The van der Waals surface area contributed by atoms with Gasteiger partial charge >= 0.3 is 0 Å². The van der Waals surface area contributed by atoms with Crippen LogP contribution in [0.4, 0.5) is 0 Å². The summed E-state index contributed by atoms with van der Waals surface area (Å²) in [5.41, 5.74) is 0. The normalized spacial score (nSPS) is 14.1. The first-order chi connectivity index (χ1) is 10.7. The van der Waals surface area contributed by atoms with Crippen LogP contribution in [0.1, 0.15) is 71.1 Å². The highest BCUT2D eigenvalue weighted by Crippen LogP contribution is 2.15. The summed E-state index contributed by atoms with van der Waals surface area (Å²) in [5.74, 6) is -0.261. The van der Waals surface area contributed by atoms with Crippen molar-refractivity contribution in [1.82, 2.24) is 5.32 Å². The first-order valence-corrected chi connectivity index (χ1v) is 10.7. The van der Waals surface area contributed by atoms with Gasteiger partial charge in [-0.2, -0.15) is 0 Å². The maximum absolute atomic E-state index is 10.7. The number of nitrogens with zero attached hydrogens (tertiary/aromatic N) is 1. The molecule has 0 fully saturated rings. The molecule has 0 aromatic heterocycles. The SMILES string of the molecule is CCCCCCCCCCC(NC)[N+](C)(C)CCCS(=O)(=O)[O-]. The second-order valence-corrected chi connectivity index (χ2v) is 8.71. The van der Waals surface area contributed by atoms with Crippen LogP contribution in [0.3, 0.4) is 0 Å². The zero-order valence-electron chi connectivity index (χ0n) is 15.6. The van der Waals surface area contributed by atoms with Crippen molar-refractivity contribution in [3.05, 3.63) is 0 Å². The van der Waals surface area contributed by atoms with Crippen molar-refractivity contribution in [2.24, 2.45) is 0 Å². The van der Waals surface area contributed by atoms with Crippen LogP contribution in [0.5, 0.6) is 0 Å². The van der Waals surface area contributed by atoms with Crippen LogP contribution in [0.15, 0.2) is 0 Å². The van der Waals surface area contributed by atoms with Gasteiger partial charge in [0.25, 0.3) is 0 Å². The van der Waals surface area contributed by atoms with E-state index in [4.69, 9.17) is 0 Å². The van der Waals surface area contributed by atoms with Crippen molar-refractivity contribution in [1.29, 1.82) is 0 Å². The second kappa shape index (κ2) is 12.2. The second-order valence-electron chi connectivity index (χ2n) is 7.19.